The highest BCUT2D eigenvalue weighted by atomic mass is 19.4. The SMILES string of the molecule is C[C@H](Nc1nccc(-n2cc(C(=O)N3CCCCC3)nc2-c2cccc(C(F)(F)F)c2)n1)c1ccccc1. The largest absolute Gasteiger partial charge is 0.416 e. The smallest absolute Gasteiger partial charge is 0.348 e. The van der Waals surface area contributed by atoms with Crippen LogP contribution in [0.2, 0.25) is 0 Å². The van der Waals surface area contributed by atoms with Crippen molar-refractivity contribution in [2.75, 3.05) is 18.4 Å². The number of nitrogens with zero attached hydrogens (tertiary/aromatic N) is 5. The number of alkyl halides is 3. The minimum atomic E-state index is -4.51. The number of carbonyl (C=O) groups excluding carboxylic acids is 1. The van der Waals surface area contributed by atoms with E-state index >= 15 is 0 Å². The monoisotopic (exact) mass is 520 g/mol. The molecule has 7 nitrogen and oxygen atoms in total. The molecule has 1 aliphatic rings. The van der Waals surface area contributed by atoms with Crippen LogP contribution >= 0.6 is 0 Å². The Morgan fingerprint density at radius 3 is 2.47 bits per heavy atom. The molecule has 0 bridgehead atoms. The van der Waals surface area contributed by atoms with Gasteiger partial charge in [-0.15, -0.1) is 0 Å². The Kier molecular flexibility index (Phi) is 7.13. The highest BCUT2D eigenvalue weighted by molar-refractivity contribution is 5.93. The quantitative estimate of drug-likeness (QED) is 0.330. The lowest BCUT2D eigenvalue weighted by Crippen LogP contribution is -2.35. The molecule has 0 radical (unpaired) electrons. The Hall–Kier alpha value is -4.21. The van der Waals surface area contributed by atoms with Gasteiger partial charge < -0.3 is 10.2 Å². The van der Waals surface area contributed by atoms with E-state index in [1.165, 1.54) is 6.07 Å². The van der Waals surface area contributed by atoms with Crippen molar-refractivity contribution in [2.24, 2.45) is 0 Å². The van der Waals surface area contributed by atoms with Gasteiger partial charge in [-0.05, 0) is 49.9 Å². The van der Waals surface area contributed by atoms with Crippen LogP contribution < -0.4 is 5.32 Å². The lowest BCUT2D eigenvalue weighted by atomic mass is 10.1. The summed E-state index contributed by atoms with van der Waals surface area (Å²) in [5.74, 6) is 0.658. The number of rotatable bonds is 6. The Labute approximate surface area is 218 Å². The van der Waals surface area contributed by atoms with Crippen molar-refractivity contribution in [1.29, 1.82) is 0 Å². The highest BCUT2D eigenvalue weighted by Crippen LogP contribution is 2.33. The van der Waals surface area contributed by atoms with E-state index in [0.29, 0.717) is 24.9 Å². The summed E-state index contributed by atoms with van der Waals surface area (Å²) in [4.78, 5) is 28.4. The Balaban J connectivity index is 1.54. The molecule has 1 amide bonds. The molecular formula is C28H27F3N6O. The number of hydrogen-bond acceptors (Lipinski definition) is 5. The van der Waals surface area contributed by atoms with Crippen LogP contribution in [-0.4, -0.2) is 43.4 Å². The number of halogens is 3. The lowest BCUT2D eigenvalue weighted by Gasteiger charge is -2.25. The summed E-state index contributed by atoms with van der Waals surface area (Å²) in [5, 5.41) is 3.26. The molecule has 1 saturated heterocycles. The fourth-order valence-corrected chi connectivity index (χ4v) is 4.53. The first kappa shape index (κ1) is 25.4. The summed E-state index contributed by atoms with van der Waals surface area (Å²) >= 11 is 0. The zero-order chi connectivity index (χ0) is 26.7. The van der Waals surface area contributed by atoms with Crippen LogP contribution in [0.25, 0.3) is 17.2 Å². The van der Waals surface area contributed by atoms with Crippen molar-refractivity contribution in [3.05, 3.63) is 89.9 Å². The molecule has 10 heteroatoms. The van der Waals surface area contributed by atoms with Gasteiger partial charge in [-0.1, -0.05) is 42.5 Å². The molecule has 4 aromatic rings. The number of imidazole rings is 1. The third-order valence-electron chi connectivity index (χ3n) is 6.55. The fraction of sp³-hybridized carbons (Fsp3) is 0.286. The van der Waals surface area contributed by atoms with Gasteiger partial charge in [0.2, 0.25) is 5.95 Å². The van der Waals surface area contributed by atoms with E-state index in [1.54, 1.807) is 34.0 Å². The average molecular weight is 521 g/mol. The number of likely N-dealkylation sites (tertiary alicyclic amines) is 1. The molecule has 0 saturated carbocycles. The minimum Gasteiger partial charge on any atom is -0.348 e. The van der Waals surface area contributed by atoms with Gasteiger partial charge in [0.1, 0.15) is 17.3 Å². The Bertz CT molecular complexity index is 1410. The second-order valence-electron chi connectivity index (χ2n) is 9.27. The van der Waals surface area contributed by atoms with Gasteiger partial charge in [0, 0.05) is 31.0 Å². The first-order chi connectivity index (χ1) is 18.3. The Morgan fingerprint density at radius 2 is 1.74 bits per heavy atom. The maximum atomic E-state index is 13.5. The fourth-order valence-electron chi connectivity index (χ4n) is 4.53. The molecule has 0 aliphatic carbocycles. The number of benzene rings is 2. The summed E-state index contributed by atoms with van der Waals surface area (Å²) in [6, 6.07) is 16.3. The maximum Gasteiger partial charge on any atom is 0.416 e. The first-order valence-corrected chi connectivity index (χ1v) is 12.5. The zero-order valence-electron chi connectivity index (χ0n) is 20.8. The van der Waals surface area contributed by atoms with Crippen molar-refractivity contribution >= 4 is 11.9 Å². The normalized spacial score (nSPS) is 14.8. The predicted octanol–water partition coefficient (Wildman–Crippen LogP) is 6.15. The molecule has 0 unspecified atom stereocenters. The van der Waals surface area contributed by atoms with Crippen molar-refractivity contribution in [3.63, 3.8) is 0 Å². The van der Waals surface area contributed by atoms with Gasteiger partial charge in [-0.3, -0.25) is 9.36 Å². The molecule has 1 atom stereocenters. The van der Waals surface area contributed by atoms with Crippen LogP contribution in [0.4, 0.5) is 19.1 Å². The molecule has 1 aliphatic heterocycles. The van der Waals surface area contributed by atoms with Crippen LogP contribution in [0.1, 0.15) is 53.8 Å². The molecule has 1 fully saturated rings. The molecule has 5 rings (SSSR count). The summed E-state index contributed by atoms with van der Waals surface area (Å²) in [6.07, 6.45) is 1.47. The van der Waals surface area contributed by atoms with Crippen molar-refractivity contribution in [1.82, 2.24) is 24.4 Å². The van der Waals surface area contributed by atoms with Crippen LogP contribution in [-0.2, 0) is 6.18 Å². The third-order valence-corrected chi connectivity index (χ3v) is 6.55. The lowest BCUT2D eigenvalue weighted by molar-refractivity contribution is -0.137. The topological polar surface area (TPSA) is 75.9 Å². The Morgan fingerprint density at radius 1 is 0.974 bits per heavy atom. The van der Waals surface area contributed by atoms with Crippen LogP contribution in [0.5, 0.6) is 0 Å². The summed E-state index contributed by atoms with van der Waals surface area (Å²) in [6.45, 7) is 3.24. The molecule has 0 spiro atoms. The van der Waals surface area contributed by atoms with Gasteiger partial charge in [-0.25, -0.2) is 9.97 Å². The summed E-state index contributed by atoms with van der Waals surface area (Å²) < 4.78 is 42.0. The molecule has 2 aromatic heterocycles. The molecule has 2 aromatic carbocycles. The average Bonchev–Trinajstić information content (AvgIpc) is 3.39. The predicted molar refractivity (Wildman–Crippen MR) is 138 cm³/mol. The van der Waals surface area contributed by atoms with E-state index in [-0.39, 0.29) is 29.0 Å². The minimum absolute atomic E-state index is 0.0894. The number of amides is 1. The van der Waals surface area contributed by atoms with Gasteiger partial charge in [0.05, 0.1) is 11.6 Å². The van der Waals surface area contributed by atoms with Crippen LogP contribution in [0, 0.1) is 0 Å². The number of piperidine rings is 1. The number of nitrogens with one attached hydrogen (secondary N) is 1. The van der Waals surface area contributed by atoms with E-state index in [2.05, 4.69) is 20.3 Å². The number of aromatic nitrogens is 4. The molecular weight excluding hydrogens is 493 g/mol. The van der Waals surface area contributed by atoms with Crippen molar-refractivity contribution in [3.8, 4) is 17.2 Å². The summed E-state index contributed by atoms with van der Waals surface area (Å²) in [7, 11) is 0. The van der Waals surface area contributed by atoms with Gasteiger partial charge in [0.25, 0.3) is 5.91 Å². The second-order valence-corrected chi connectivity index (χ2v) is 9.27. The van der Waals surface area contributed by atoms with Crippen molar-refractivity contribution in [2.45, 2.75) is 38.4 Å². The number of carbonyl (C=O) groups is 1. The van der Waals surface area contributed by atoms with E-state index in [9.17, 15) is 18.0 Å². The molecule has 38 heavy (non-hydrogen) atoms. The van der Waals surface area contributed by atoms with E-state index in [0.717, 1.165) is 37.0 Å². The number of hydrogen-bond donors (Lipinski definition) is 1. The van der Waals surface area contributed by atoms with E-state index in [4.69, 9.17) is 0 Å². The second kappa shape index (κ2) is 10.6. The third kappa shape index (κ3) is 5.53. The first-order valence-electron chi connectivity index (χ1n) is 12.5. The zero-order valence-corrected chi connectivity index (χ0v) is 20.8. The molecule has 196 valence electrons. The van der Waals surface area contributed by atoms with Gasteiger partial charge in [0.15, 0.2) is 0 Å². The van der Waals surface area contributed by atoms with E-state index < -0.39 is 11.7 Å². The van der Waals surface area contributed by atoms with Crippen LogP contribution in [0.3, 0.4) is 0 Å². The molecule has 1 N–H and O–H groups in total. The van der Waals surface area contributed by atoms with Crippen LogP contribution in [0.15, 0.2) is 73.1 Å². The highest BCUT2D eigenvalue weighted by Gasteiger charge is 2.31. The van der Waals surface area contributed by atoms with Gasteiger partial charge >= 0.3 is 6.18 Å². The van der Waals surface area contributed by atoms with Gasteiger partial charge in [-0.2, -0.15) is 18.2 Å². The summed E-state index contributed by atoms with van der Waals surface area (Å²) in [5.41, 5.74) is 0.631. The number of anilines is 1. The maximum absolute atomic E-state index is 13.5. The van der Waals surface area contributed by atoms with E-state index in [1.807, 2.05) is 37.3 Å². The standard InChI is InChI=1S/C28H27F3N6O/c1-19(20-9-4-2-5-10-20)33-27-32-14-13-24(35-27)37-18-23(26(38)36-15-6-3-7-16-36)34-25(37)21-11-8-12-22(17-21)28(29,30)31/h2,4-5,8-14,17-19H,3,6-7,15-16H2,1H3,(H,32,33,35)/t19-/m0/s1. The van der Waals surface area contributed by atoms with Crippen molar-refractivity contribution < 1.29 is 18.0 Å². The molecule has 3 heterocycles.